The van der Waals surface area contributed by atoms with E-state index in [0.717, 1.165) is 4.47 Å². The Bertz CT molecular complexity index is 405. The molecule has 0 heterocycles. The molecule has 0 amide bonds. The second-order valence-electron chi connectivity index (χ2n) is 2.40. The molecule has 0 aliphatic heterocycles. The number of phenolic OH excluding ortho intramolecular Hbond substituents is 1. The van der Waals surface area contributed by atoms with Crippen LogP contribution in [0.1, 0.15) is 0 Å². The summed E-state index contributed by atoms with van der Waals surface area (Å²) in [4.78, 5) is 0. The van der Waals surface area contributed by atoms with Crippen molar-refractivity contribution in [3.63, 3.8) is 0 Å². The zero-order chi connectivity index (χ0) is 13.0. The first kappa shape index (κ1) is 15.2. The van der Waals surface area contributed by atoms with Crippen LogP contribution in [0, 0.1) is 0 Å². The van der Waals surface area contributed by atoms with Gasteiger partial charge >= 0.3 is 15.6 Å². The van der Waals surface area contributed by atoms with Crippen molar-refractivity contribution in [1.29, 1.82) is 0 Å². The first-order valence-electron chi connectivity index (χ1n) is 3.52. The van der Waals surface area contributed by atoms with E-state index in [0.29, 0.717) is 5.75 Å². The highest BCUT2D eigenvalue weighted by molar-refractivity contribution is 9.10. The molecule has 0 atom stereocenters. The van der Waals surface area contributed by atoms with E-state index in [2.05, 4.69) is 15.9 Å². The van der Waals surface area contributed by atoms with Crippen LogP contribution in [0.5, 0.6) is 5.75 Å². The molecule has 1 rings (SSSR count). The summed E-state index contributed by atoms with van der Waals surface area (Å²) in [6, 6.07) is 6.83. The molecule has 16 heavy (non-hydrogen) atoms. The highest BCUT2D eigenvalue weighted by atomic mass is 79.9. The van der Waals surface area contributed by atoms with Crippen LogP contribution in [0.15, 0.2) is 28.7 Å². The first-order chi connectivity index (χ1) is 7.04. The number of benzene rings is 1. The van der Waals surface area contributed by atoms with Crippen LogP contribution in [0.3, 0.4) is 0 Å². The Kier molecular flexibility index (Phi) is 5.23. The second kappa shape index (κ2) is 5.51. The number of aromatic hydroxyl groups is 1. The highest BCUT2D eigenvalue weighted by Gasteiger charge is 2.44. The van der Waals surface area contributed by atoms with Gasteiger partial charge in [0, 0.05) is 4.47 Å². The standard InChI is InChI=1S/C6H5BrO.CHF3O3S/c7-5-1-3-6(8)4-2-5;2-1(3,4)8(5,6)7/h1-4,8H;(H,5,6,7). The molecule has 0 aliphatic rings. The predicted molar refractivity (Wildman–Crippen MR) is 53.4 cm³/mol. The Balaban J connectivity index is 0.000000281. The molecule has 0 saturated carbocycles. The van der Waals surface area contributed by atoms with Crippen LogP contribution in [-0.4, -0.2) is 23.6 Å². The van der Waals surface area contributed by atoms with Gasteiger partial charge in [-0.3, -0.25) is 4.55 Å². The molecule has 2 N–H and O–H groups in total. The Morgan fingerprint density at radius 1 is 1.12 bits per heavy atom. The summed E-state index contributed by atoms with van der Waals surface area (Å²) in [5.41, 5.74) is -5.53. The van der Waals surface area contributed by atoms with Gasteiger partial charge in [0.05, 0.1) is 0 Å². The molecule has 9 heteroatoms. The average Bonchev–Trinajstić information content (AvgIpc) is 2.08. The Morgan fingerprint density at radius 2 is 1.44 bits per heavy atom. The van der Waals surface area contributed by atoms with Crippen LogP contribution in [0.2, 0.25) is 0 Å². The molecule has 0 bridgehead atoms. The minimum Gasteiger partial charge on any atom is -0.508 e. The van der Waals surface area contributed by atoms with Gasteiger partial charge < -0.3 is 5.11 Å². The zero-order valence-corrected chi connectivity index (χ0v) is 9.84. The smallest absolute Gasteiger partial charge is 0.508 e. The van der Waals surface area contributed by atoms with E-state index in [9.17, 15) is 13.2 Å². The Labute approximate surface area is 97.6 Å². The molecule has 0 aliphatic carbocycles. The fraction of sp³-hybridized carbons (Fsp3) is 0.143. The molecular weight excluding hydrogens is 317 g/mol. The van der Waals surface area contributed by atoms with Gasteiger partial charge in [-0.1, -0.05) is 15.9 Å². The van der Waals surface area contributed by atoms with Crippen molar-refractivity contribution in [2.75, 3.05) is 0 Å². The van der Waals surface area contributed by atoms with E-state index in [1.165, 1.54) is 0 Å². The van der Waals surface area contributed by atoms with E-state index in [4.69, 9.17) is 18.1 Å². The van der Waals surface area contributed by atoms with Crippen molar-refractivity contribution >= 4 is 26.0 Å². The molecule has 0 aromatic heterocycles. The molecule has 4 nitrogen and oxygen atoms in total. The number of rotatable bonds is 0. The third-order valence-electron chi connectivity index (χ3n) is 1.12. The van der Waals surface area contributed by atoms with Crippen molar-refractivity contribution in [2.24, 2.45) is 0 Å². The van der Waals surface area contributed by atoms with Crippen molar-refractivity contribution < 1.29 is 31.2 Å². The molecule has 1 aromatic rings. The third kappa shape index (κ3) is 5.93. The zero-order valence-electron chi connectivity index (χ0n) is 7.44. The monoisotopic (exact) mass is 322 g/mol. The van der Waals surface area contributed by atoms with Crippen LogP contribution in [0.4, 0.5) is 13.2 Å². The first-order valence-corrected chi connectivity index (χ1v) is 5.75. The largest absolute Gasteiger partial charge is 0.522 e. The Hall–Kier alpha value is -0.800. The van der Waals surface area contributed by atoms with Gasteiger partial charge in [0.15, 0.2) is 0 Å². The fourth-order valence-corrected chi connectivity index (χ4v) is 0.705. The van der Waals surface area contributed by atoms with E-state index in [-0.39, 0.29) is 0 Å². The second-order valence-corrected chi connectivity index (χ2v) is 4.73. The third-order valence-corrected chi connectivity index (χ3v) is 2.23. The lowest BCUT2D eigenvalue weighted by Gasteiger charge is -1.97. The van der Waals surface area contributed by atoms with Crippen LogP contribution in [0.25, 0.3) is 0 Å². The van der Waals surface area contributed by atoms with Gasteiger partial charge in [0.2, 0.25) is 0 Å². The number of alkyl halides is 3. The molecule has 0 saturated heterocycles. The lowest BCUT2D eigenvalue weighted by Crippen LogP contribution is -2.21. The minimum atomic E-state index is -5.84. The Morgan fingerprint density at radius 3 is 1.62 bits per heavy atom. The predicted octanol–water partition coefficient (Wildman–Crippen LogP) is 2.55. The number of hydrogen-bond acceptors (Lipinski definition) is 3. The summed E-state index contributed by atoms with van der Waals surface area (Å²) >= 11 is 3.23. The van der Waals surface area contributed by atoms with Gasteiger partial charge in [0.1, 0.15) is 5.75 Å². The van der Waals surface area contributed by atoms with Gasteiger partial charge in [-0.15, -0.1) is 0 Å². The maximum atomic E-state index is 10.7. The van der Waals surface area contributed by atoms with Crippen molar-refractivity contribution in [2.45, 2.75) is 5.51 Å². The molecule has 0 unspecified atom stereocenters. The minimum absolute atomic E-state index is 0.299. The average molecular weight is 323 g/mol. The normalized spacial score (nSPS) is 11.6. The van der Waals surface area contributed by atoms with Crippen LogP contribution >= 0.6 is 15.9 Å². The van der Waals surface area contributed by atoms with E-state index in [1.807, 2.05) is 0 Å². The van der Waals surface area contributed by atoms with Crippen molar-refractivity contribution in [3.05, 3.63) is 28.7 Å². The molecule has 92 valence electrons. The molecule has 0 spiro atoms. The summed E-state index contributed by atoms with van der Waals surface area (Å²) in [7, 11) is -5.84. The number of halogens is 4. The van der Waals surface area contributed by atoms with Crippen LogP contribution in [-0.2, 0) is 10.1 Å². The molecular formula is C7H6BrF3O4S. The lowest BCUT2D eigenvalue weighted by atomic mass is 10.3. The summed E-state index contributed by atoms with van der Waals surface area (Å²) in [6.45, 7) is 0. The summed E-state index contributed by atoms with van der Waals surface area (Å²) in [5.74, 6) is 0.299. The van der Waals surface area contributed by atoms with E-state index < -0.39 is 15.6 Å². The maximum Gasteiger partial charge on any atom is 0.522 e. The van der Waals surface area contributed by atoms with Gasteiger partial charge in [-0.05, 0) is 24.3 Å². The summed E-state index contributed by atoms with van der Waals surface area (Å²) in [6.07, 6.45) is 0. The lowest BCUT2D eigenvalue weighted by molar-refractivity contribution is -0.0510. The summed E-state index contributed by atoms with van der Waals surface area (Å²) in [5, 5.41) is 8.74. The van der Waals surface area contributed by atoms with Gasteiger partial charge in [-0.2, -0.15) is 21.6 Å². The van der Waals surface area contributed by atoms with Gasteiger partial charge in [-0.25, -0.2) is 0 Å². The van der Waals surface area contributed by atoms with E-state index in [1.54, 1.807) is 24.3 Å². The molecule has 1 aromatic carbocycles. The molecule has 0 fully saturated rings. The fourth-order valence-electron chi connectivity index (χ4n) is 0.441. The van der Waals surface area contributed by atoms with Gasteiger partial charge in [0.25, 0.3) is 0 Å². The van der Waals surface area contributed by atoms with Crippen LogP contribution < -0.4 is 0 Å². The molecule has 0 radical (unpaired) electrons. The quantitative estimate of drug-likeness (QED) is 0.568. The summed E-state index contributed by atoms with van der Waals surface area (Å²) < 4.78 is 58.5. The topological polar surface area (TPSA) is 74.6 Å². The highest BCUT2D eigenvalue weighted by Crippen LogP contribution is 2.20. The SMILES string of the molecule is O=S(=O)(O)C(F)(F)F.Oc1ccc(Br)cc1. The van der Waals surface area contributed by atoms with Crippen molar-refractivity contribution in [1.82, 2.24) is 0 Å². The van der Waals surface area contributed by atoms with Crippen molar-refractivity contribution in [3.8, 4) is 5.75 Å². The van der Waals surface area contributed by atoms with E-state index >= 15 is 0 Å². The number of phenols is 1. The maximum absolute atomic E-state index is 10.7. The number of hydrogen-bond donors (Lipinski definition) is 2.